The smallest absolute Gasteiger partial charge is 0.313 e. The van der Waals surface area contributed by atoms with Crippen LogP contribution in [0.15, 0.2) is 34.7 Å². The lowest BCUT2D eigenvalue weighted by atomic mass is 10.2. The molecule has 0 bridgehead atoms. The molecule has 2 aromatic rings. The van der Waals surface area contributed by atoms with Crippen molar-refractivity contribution in [2.45, 2.75) is 20.0 Å². The lowest BCUT2D eigenvalue weighted by molar-refractivity contribution is -0.136. The zero-order chi connectivity index (χ0) is 17.0. The summed E-state index contributed by atoms with van der Waals surface area (Å²) >= 11 is 5.95. The number of carbonyl (C=O) groups excluding carboxylic acids is 2. The summed E-state index contributed by atoms with van der Waals surface area (Å²) in [5.41, 5.74) is 1.13. The molecule has 3 N–H and O–H groups in total. The number of carbonyl (C=O) groups is 2. The summed E-state index contributed by atoms with van der Waals surface area (Å²) < 4.78 is 5.25. The Bertz CT molecular complexity index is 727. The molecule has 0 aliphatic heterocycles. The van der Waals surface area contributed by atoms with E-state index >= 15 is 0 Å². The molecule has 0 aliphatic rings. The van der Waals surface area contributed by atoms with Crippen molar-refractivity contribution >= 4 is 29.1 Å². The van der Waals surface area contributed by atoms with Crippen LogP contribution < -0.4 is 10.6 Å². The Hall–Kier alpha value is -2.31. The Morgan fingerprint density at radius 3 is 2.61 bits per heavy atom. The summed E-state index contributed by atoms with van der Waals surface area (Å²) in [6, 6.07) is 8.32. The van der Waals surface area contributed by atoms with Crippen molar-refractivity contribution < 1.29 is 19.1 Å². The molecule has 1 aromatic heterocycles. The average molecular weight is 337 g/mol. The standard InChI is InChI=1S/C16H17ClN2O4/c1-9-6-7-14(23-9)13(20)8-18-15(21)16(22)19-12-5-3-4-11(17)10(12)2/h3-7,13,20H,8H2,1-2H3,(H,18,21)(H,19,22). The predicted octanol–water partition coefficient (Wildman–Crippen LogP) is 2.34. The van der Waals surface area contributed by atoms with Gasteiger partial charge in [0.15, 0.2) is 0 Å². The Kier molecular flexibility index (Phi) is 5.41. The summed E-state index contributed by atoms with van der Waals surface area (Å²) in [5, 5.41) is 15.2. The van der Waals surface area contributed by atoms with E-state index in [2.05, 4.69) is 10.6 Å². The lowest BCUT2D eigenvalue weighted by Gasteiger charge is -2.11. The van der Waals surface area contributed by atoms with Crippen molar-refractivity contribution in [1.82, 2.24) is 5.32 Å². The van der Waals surface area contributed by atoms with E-state index in [1.807, 2.05) is 0 Å². The third kappa shape index (κ3) is 4.34. The molecule has 1 aromatic carbocycles. The molecule has 0 saturated carbocycles. The fraction of sp³-hybridized carbons (Fsp3) is 0.250. The molecule has 1 unspecified atom stereocenters. The highest BCUT2D eigenvalue weighted by molar-refractivity contribution is 6.40. The molecule has 0 radical (unpaired) electrons. The van der Waals surface area contributed by atoms with Gasteiger partial charge in [-0.25, -0.2) is 0 Å². The molecule has 7 heteroatoms. The SMILES string of the molecule is Cc1ccc(C(O)CNC(=O)C(=O)Nc2cccc(Cl)c2C)o1. The first-order valence-electron chi connectivity index (χ1n) is 6.97. The second-order valence-corrected chi connectivity index (χ2v) is 5.45. The molecule has 122 valence electrons. The van der Waals surface area contributed by atoms with Crippen molar-refractivity contribution in [3.63, 3.8) is 0 Å². The predicted molar refractivity (Wildman–Crippen MR) is 86.2 cm³/mol. The molecule has 2 rings (SSSR count). The fourth-order valence-corrected chi connectivity index (χ4v) is 2.10. The number of aliphatic hydroxyl groups excluding tert-OH is 1. The van der Waals surface area contributed by atoms with Gasteiger partial charge in [0.1, 0.15) is 17.6 Å². The first kappa shape index (κ1) is 17.1. The van der Waals surface area contributed by atoms with Gasteiger partial charge in [-0.2, -0.15) is 0 Å². The van der Waals surface area contributed by atoms with E-state index in [1.54, 1.807) is 44.2 Å². The first-order chi connectivity index (χ1) is 10.9. The van der Waals surface area contributed by atoms with Gasteiger partial charge in [0, 0.05) is 10.7 Å². The van der Waals surface area contributed by atoms with Gasteiger partial charge in [-0.1, -0.05) is 17.7 Å². The number of nitrogens with one attached hydrogen (secondary N) is 2. The van der Waals surface area contributed by atoms with E-state index in [1.165, 1.54) is 0 Å². The monoisotopic (exact) mass is 336 g/mol. The number of rotatable bonds is 4. The minimum Gasteiger partial charge on any atom is -0.464 e. The maximum absolute atomic E-state index is 11.9. The summed E-state index contributed by atoms with van der Waals surface area (Å²) in [4.78, 5) is 23.6. The van der Waals surface area contributed by atoms with Crippen molar-refractivity contribution in [2.75, 3.05) is 11.9 Å². The second-order valence-electron chi connectivity index (χ2n) is 5.04. The zero-order valence-electron chi connectivity index (χ0n) is 12.7. The van der Waals surface area contributed by atoms with Crippen LogP contribution in [0.4, 0.5) is 5.69 Å². The first-order valence-corrected chi connectivity index (χ1v) is 7.35. The minimum absolute atomic E-state index is 0.131. The molecule has 23 heavy (non-hydrogen) atoms. The van der Waals surface area contributed by atoms with Crippen molar-refractivity contribution in [3.8, 4) is 0 Å². The van der Waals surface area contributed by atoms with Crippen molar-refractivity contribution in [2.24, 2.45) is 0 Å². The summed E-state index contributed by atoms with van der Waals surface area (Å²) in [7, 11) is 0. The Balaban J connectivity index is 1.90. The van der Waals surface area contributed by atoms with E-state index < -0.39 is 17.9 Å². The fourth-order valence-electron chi connectivity index (χ4n) is 1.92. The molecule has 0 saturated heterocycles. The highest BCUT2D eigenvalue weighted by atomic mass is 35.5. The highest BCUT2D eigenvalue weighted by Crippen LogP contribution is 2.22. The van der Waals surface area contributed by atoms with Gasteiger partial charge in [-0.3, -0.25) is 9.59 Å². The summed E-state index contributed by atoms with van der Waals surface area (Å²) in [6.45, 7) is 3.35. The minimum atomic E-state index is -1.02. The molecule has 1 heterocycles. The van der Waals surface area contributed by atoms with Crippen molar-refractivity contribution in [3.05, 3.63) is 52.4 Å². The van der Waals surface area contributed by atoms with E-state index in [0.717, 1.165) is 0 Å². The van der Waals surface area contributed by atoms with Gasteiger partial charge in [-0.15, -0.1) is 0 Å². The van der Waals surface area contributed by atoms with Crippen LogP contribution in [0.25, 0.3) is 0 Å². The number of amides is 2. The van der Waals surface area contributed by atoms with Gasteiger partial charge >= 0.3 is 11.8 Å². The van der Waals surface area contributed by atoms with Crippen LogP contribution in [-0.4, -0.2) is 23.5 Å². The summed E-state index contributed by atoms with van der Waals surface area (Å²) in [6.07, 6.45) is -1.02. The average Bonchev–Trinajstić information content (AvgIpc) is 2.95. The molecule has 0 aliphatic carbocycles. The maximum atomic E-state index is 11.9. The Morgan fingerprint density at radius 2 is 1.96 bits per heavy atom. The van der Waals surface area contributed by atoms with Crippen LogP contribution in [0.1, 0.15) is 23.2 Å². The molecular formula is C16H17ClN2O4. The largest absolute Gasteiger partial charge is 0.464 e. The third-order valence-electron chi connectivity index (χ3n) is 3.27. The van der Waals surface area contributed by atoms with Gasteiger partial charge in [-0.05, 0) is 43.7 Å². The molecule has 0 spiro atoms. The topological polar surface area (TPSA) is 91.6 Å². The molecular weight excluding hydrogens is 320 g/mol. The van der Waals surface area contributed by atoms with Crippen molar-refractivity contribution in [1.29, 1.82) is 0 Å². The quantitative estimate of drug-likeness (QED) is 0.747. The highest BCUT2D eigenvalue weighted by Gasteiger charge is 2.18. The number of hydrogen-bond donors (Lipinski definition) is 3. The number of aryl methyl sites for hydroxylation is 1. The van der Waals surface area contributed by atoms with Crippen LogP contribution in [0, 0.1) is 13.8 Å². The molecule has 6 nitrogen and oxygen atoms in total. The van der Waals surface area contributed by atoms with Crippen LogP contribution in [0.3, 0.4) is 0 Å². The van der Waals surface area contributed by atoms with Gasteiger partial charge in [0.05, 0.1) is 6.54 Å². The third-order valence-corrected chi connectivity index (χ3v) is 3.68. The van der Waals surface area contributed by atoms with Crippen LogP contribution in [0.5, 0.6) is 0 Å². The van der Waals surface area contributed by atoms with E-state index in [9.17, 15) is 14.7 Å². The Labute approximate surface area is 138 Å². The number of benzene rings is 1. The maximum Gasteiger partial charge on any atom is 0.313 e. The summed E-state index contributed by atoms with van der Waals surface area (Å²) in [5.74, 6) is -0.710. The van der Waals surface area contributed by atoms with E-state index in [-0.39, 0.29) is 6.54 Å². The van der Waals surface area contributed by atoms with Crippen LogP contribution in [0.2, 0.25) is 5.02 Å². The molecule has 1 atom stereocenters. The number of halogens is 1. The zero-order valence-corrected chi connectivity index (χ0v) is 13.5. The lowest BCUT2D eigenvalue weighted by Crippen LogP contribution is -2.37. The number of anilines is 1. The number of aliphatic hydroxyl groups is 1. The van der Waals surface area contributed by atoms with Crippen LogP contribution >= 0.6 is 11.6 Å². The molecule has 2 amide bonds. The molecule has 0 fully saturated rings. The van der Waals surface area contributed by atoms with E-state index in [4.69, 9.17) is 16.0 Å². The van der Waals surface area contributed by atoms with Crippen LogP contribution in [-0.2, 0) is 9.59 Å². The van der Waals surface area contributed by atoms with Gasteiger partial charge < -0.3 is 20.2 Å². The second kappa shape index (κ2) is 7.30. The van der Waals surface area contributed by atoms with E-state index in [0.29, 0.717) is 27.8 Å². The van der Waals surface area contributed by atoms with Gasteiger partial charge in [0.2, 0.25) is 0 Å². The Morgan fingerprint density at radius 1 is 1.22 bits per heavy atom. The number of hydrogen-bond acceptors (Lipinski definition) is 4. The number of furan rings is 1. The van der Waals surface area contributed by atoms with Gasteiger partial charge in [0.25, 0.3) is 0 Å². The normalized spacial score (nSPS) is 11.8.